The second-order valence-corrected chi connectivity index (χ2v) is 4.24. The fraction of sp³-hybridized carbons (Fsp3) is 0.286. The van der Waals surface area contributed by atoms with E-state index in [0.717, 1.165) is 24.7 Å². The third kappa shape index (κ3) is 3.74. The largest absolute Gasteiger partial charge is 0.353 e. The molecule has 1 aliphatic heterocycles. The summed E-state index contributed by atoms with van der Waals surface area (Å²) in [5, 5.41) is 10.0. The molecule has 0 aliphatic carbocycles. The molecule has 100 valence electrons. The Labute approximate surface area is 112 Å². The van der Waals surface area contributed by atoms with Gasteiger partial charge in [0, 0.05) is 30.8 Å². The Balaban J connectivity index is 0.000000186. The number of likely N-dealkylation sites (N-methyl/N-ethyl adjacent to an activating group) is 1. The van der Waals surface area contributed by atoms with Crippen molar-refractivity contribution in [2.24, 2.45) is 0 Å². The molecule has 2 N–H and O–H groups in total. The standard InChI is InChI=1S/C10H7NO2.C4H10N2/c12-7-9-6-10(11-13-9)8-4-2-1-3-5-8;1-5-4-2-6-3-4/h1-7H;4-6H,2-3H2,1H3. The minimum Gasteiger partial charge on any atom is -0.353 e. The maximum Gasteiger partial charge on any atom is 0.199 e. The number of benzene rings is 1. The number of nitrogens with one attached hydrogen (secondary N) is 2. The highest BCUT2D eigenvalue weighted by Gasteiger charge is 2.11. The molecule has 1 aromatic carbocycles. The number of nitrogens with zero attached hydrogens (tertiary/aromatic N) is 1. The Morgan fingerprint density at radius 3 is 2.53 bits per heavy atom. The van der Waals surface area contributed by atoms with Crippen LogP contribution in [0, 0.1) is 0 Å². The van der Waals surface area contributed by atoms with Crippen molar-refractivity contribution >= 4 is 6.29 Å². The van der Waals surface area contributed by atoms with Crippen LogP contribution in [0.2, 0.25) is 0 Å². The average Bonchev–Trinajstić information content (AvgIpc) is 2.88. The molecule has 2 heterocycles. The monoisotopic (exact) mass is 259 g/mol. The molecule has 1 saturated heterocycles. The van der Waals surface area contributed by atoms with Gasteiger partial charge in [0.25, 0.3) is 0 Å². The summed E-state index contributed by atoms with van der Waals surface area (Å²) in [6.07, 6.45) is 0.638. The van der Waals surface area contributed by atoms with Gasteiger partial charge in [-0.3, -0.25) is 4.79 Å². The Kier molecular flexibility index (Phi) is 4.83. The number of carbonyl (C=O) groups is 1. The van der Waals surface area contributed by atoms with Gasteiger partial charge in [-0.25, -0.2) is 0 Å². The average molecular weight is 259 g/mol. The first-order valence-corrected chi connectivity index (χ1v) is 6.18. The van der Waals surface area contributed by atoms with Crippen LogP contribution in [-0.4, -0.2) is 37.6 Å². The van der Waals surface area contributed by atoms with Gasteiger partial charge in [-0.05, 0) is 7.05 Å². The van der Waals surface area contributed by atoms with Crippen molar-refractivity contribution in [1.82, 2.24) is 15.8 Å². The maximum absolute atomic E-state index is 10.3. The third-order valence-corrected chi connectivity index (χ3v) is 2.90. The van der Waals surface area contributed by atoms with E-state index in [2.05, 4.69) is 15.8 Å². The zero-order valence-electron chi connectivity index (χ0n) is 10.8. The molecule has 1 fully saturated rings. The lowest BCUT2D eigenvalue weighted by Crippen LogP contribution is -2.54. The Bertz CT molecular complexity index is 504. The lowest BCUT2D eigenvalue weighted by Gasteiger charge is -2.25. The number of rotatable bonds is 3. The van der Waals surface area contributed by atoms with Crippen LogP contribution in [0.25, 0.3) is 11.3 Å². The van der Waals surface area contributed by atoms with Gasteiger partial charge in [-0.2, -0.15) is 0 Å². The topological polar surface area (TPSA) is 67.2 Å². The molecule has 0 atom stereocenters. The molecule has 5 nitrogen and oxygen atoms in total. The first-order chi connectivity index (χ1) is 9.33. The molecule has 0 radical (unpaired) electrons. The molecule has 1 aliphatic rings. The Hall–Kier alpha value is -1.98. The SMILES string of the molecule is CNC1CNC1.O=Cc1cc(-c2ccccc2)no1. The highest BCUT2D eigenvalue weighted by Crippen LogP contribution is 2.17. The minimum absolute atomic E-state index is 0.249. The van der Waals surface area contributed by atoms with E-state index in [1.807, 2.05) is 37.4 Å². The maximum atomic E-state index is 10.3. The first kappa shape index (κ1) is 13.5. The lowest BCUT2D eigenvalue weighted by atomic mass is 10.1. The van der Waals surface area contributed by atoms with E-state index < -0.39 is 0 Å². The Morgan fingerprint density at radius 1 is 1.37 bits per heavy atom. The number of hydrogen-bond donors (Lipinski definition) is 2. The van der Waals surface area contributed by atoms with Crippen LogP contribution in [0.15, 0.2) is 40.9 Å². The van der Waals surface area contributed by atoms with Crippen molar-refractivity contribution in [1.29, 1.82) is 0 Å². The van der Waals surface area contributed by atoms with Crippen molar-refractivity contribution in [3.8, 4) is 11.3 Å². The van der Waals surface area contributed by atoms with Gasteiger partial charge in [0.15, 0.2) is 12.0 Å². The molecule has 0 saturated carbocycles. The Morgan fingerprint density at radius 2 is 2.11 bits per heavy atom. The molecule has 0 bridgehead atoms. The summed E-state index contributed by atoms with van der Waals surface area (Å²) in [7, 11) is 1.99. The van der Waals surface area contributed by atoms with Gasteiger partial charge in [-0.1, -0.05) is 35.5 Å². The summed E-state index contributed by atoms with van der Waals surface area (Å²) in [6.45, 7) is 2.30. The van der Waals surface area contributed by atoms with E-state index in [-0.39, 0.29) is 5.76 Å². The molecular formula is C14H17N3O2. The van der Waals surface area contributed by atoms with Crippen LogP contribution in [0.3, 0.4) is 0 Å². The minimum atomic E-state index is 0.249. The quantitative estimate of drug-likeness (QED) is 0.814. The van der Waals surface area contributed by atoms with Crippen molar-refractivity contribution in [3.05, 3.63) is 42.2 Å². The van der Waals surface area contributed by atoms with Crippen LogP contribution < -0.4 is 10.6 Å². The van der Waals surface area contributed by atoms with Crippen LogP contribution in [0.1, 0.15) is 10.6 Å². The summed E-state index contributed by atoms with van der Waals surface area (Å²) >= 11 is 0. The number of aldehydes is 1. The zero-order chi connectivity index (χ0) is 13.5. The van der Waals surface area contributed by atoms with E-state index in [1.165, 1.54) is 0 Å². The molecular weight excluding hydrogens is 242 g/mol. The van der Waals surface area contributed by atoms with E-state index in [1.54, 1.807) is 6.07 Å². The van der Waals surface area contributed by atoms with Gasteiger partial charge >= 0.3 is 0 Å². The number of hydrogen-bond acceptors (Lipinski definition) is 5. The molecule has 0 spiro atoms. The van der Waals surface area contributed by atoms with Gasteiger partial charge in [0.2, 0.25) is 0 Å². The van der Waals surface area contributed by atoms with Crippen molar-refractivity contribution in [2.75, 3.05) is 20.1 Å². The predicted octanol–water partition coefficient (Wildman–Crippen LogP) is 1.33. The summed E-state index contributed by atoms with van der Waals surface area (Å²) in [5.41, 5.74) is 1.63. The predicted molar refractivity (Wildman–Crippen MR) is 73.0 cm³/mol. The molecule has 1 aromatic heterocycles. The second kappa shape index (κ2) is 6.82. The first-order valence-electron chi connectivity index (χ1n) is 6.18. The van der Waals surface area contributed by atoms with Crippen LogP contribution in [0.4, 0.5) is 0 Å². The summed E-state index contributed by atoms with van der Waals surface area (Å²) in [5.74, 6) is 0.249. The van der Waals surface area contributed by atoms with Crippen LogP contribution >= 0.6 is 0 Å². The fourth-order valence-electron chi connectivity index (χ4n) is 1.58. The fourth-order valence-corrected chi connectivity index (χ4v) is 1.58. The number of carbonyl (C=O) groups excluding carboxylic acids is 1. The molecule has 5 heteroatoms. The molecule has 0 amide bonds. The van der Waals surface area contributed by atoms with Gasteiger partial charge in [0.05, 0.1) is 0 Å². The molecule has 19 heavy (non-hydrogen) atoms. The lowest BCUT2D eigenvalue weighted by molar-refractivity contribution is 0.109. The van der Waals surface area contributed by atoms with Crippen LogP contribution in [0.5, 0.6) is 0 Å². The van der Waals surface area contributed by atoms with Gasteiger partial charge in [-0.15, -0.1) is 0 Å². The summed E-state index contributed by atoms with van der Waals surface area (Å²) in [4.78, 5) is 10.3. The van der Waals surface area contributed by atoms with Gasteiger partial charge < -0.3 is 15.2 Å². The van der Waals surface area contributed by atoms with Gasteiger partial charge in [0.1, 0.15) is 5.69 Å². The van der Waals surface area contributed by atoms with Crippen molar-refractivity contribution in [2.45, 2.75) is 6.04 Å². The highest BCUT2D eigenvalue weighted by molar-refractivity contribution is 5.73. The zero-order valence-corrected chi connectivity index (χ0v) is 10.8. The van der Waals surface area contributed by atoms with Crippen LogP contribution in [-0.2, 0) is 0 Å². The van der Waals surface area contributed by atoms with E-state index in [0.29, 0.717) is 12.0 Å². The van der Waals surface area contributed by atoms with Crippen molar-refractivity contribution in [3.63, 3.8) is 0 Å². The normalized spacial score (nSPS) is 14.2. The smallest absolute Gasteiger partial charge is 0.199 e. The van der Waals surface area contributed by atoms with E-state index in [4.69, 9.17) is 4.52 Å². The van der Waals surface area contributed by atoms with Crippen molar-refractivity contribution < 1.29 is 9.32 Å². The summed E-state index contributed by atoms with van der Waals surface area (Å²) in [6, 6.07) is 11.9. The van der Waals surface area contributed by atoms with E-state index in [9.17, 15) is 4.79 Å². The number of aromatic nitrogens is 1. The molecule has 0 unspecified atom stereocenters. The van der Waals surface area contributed by atoms with E-state index >= 15 is 0 Å². The molecule has 2 aromatic rings. The molecule has 3 rings (SSSR count). The summed E-state index contributed by atoms with van der Waals surface area (Å²) < 4.78 is 4.75. The highest BCUT2D eigenvalue weighted by atomic mass is 16.5. The third-order valence-electron chi connectivity index (χ3n) is 2.90. The second-order valence-electron chi connectivity index (χ2n) is 4.24.